The van der Waals surface area contributed by atoms with E-state index in [1.165, 1.54) is 12.1 Å². The zero-order valence-electron chi connectivity index (χ0n) is 10.4. The van der Waals surface area contributed by atoms with Gasteiger partial charge in [-0.1, -0.05) is 13.8 Å². The van der Waals surface area contributed by atoms with E-state index in [4.69, 9.17) is 4.74 Å². The van der Waals surface area contributed by atoms with Crippen LogP contribution < -0.4 is 10.1 Å². The molecule has 17 heavy (non-hydrogen) atoms. The summed E-state index contributed by atoms with van der Waals surface area (Å²) in [5.74, 6) is 0.348. The van der Waals surface area contributed by atoms with Crippen molar-refractivity contribution in [3.63, 3.8) is 0 Å². The molecule has 1 aromatic carbocycles. The van der Waals surface area contributed by atoms with Crippen LogP contribution in [-0.2, 0) is 6.54 Å². The third-order valence-electron chi connectivity index (χ3n) is 2.49. The second-order valence-electron chi connectivity index (χ2n) is 3.91. The van der Waals surface area contributed by atoms with Gasteiger partial charge in [-0.2, -0.15) is 0 Å². The molecule has 0 fully saturated rings. The molecule has 0 aliphatic heterocycles. The molecule has 4 heteroatoms. The lowest BCUT2D eigenvalue weighted by molar-refractivity contribution is 0.104. The first-order chi connectivity index (χ1) is 8.17. The topological polar surface area (TPSA) is 41.5 Å². The zero-order chi connectivity index (χ0) is 12.7. The van der Waals surface area contributed by atoms with Crippen LogP contribution in [-0.4, -0.2) is 24.4 Å². The van der Waals surface area contributed by atoms with Crippen molar-refractivity contribution in [3.8, 4) is 5.75 Å². The third kappa shape index (κ3) is 4.71. The summed E-state index contributed by atoms with van der Waals surface area (Å²) in [5.41, 5.74) is 0.773. The molecule has 96 valence electrons. The van der Waals surface area contributed by atoms with Crippen LogP contribution in [0.25, 0.3) is 0 Å². The van der Waals surface area contributed by atoms with Crippen molar-refractivity contribution in [2.45, 2.75) is 32.9 Å². The van der Waals surface area contributed by atoms with E-state index in [1.807, 2.05) is 13.8 Å². The number of nitrogens with one attached hydrogen (secondary N) is 1. The van der Waals surface area contributed by atoms with Gasteiger partial charge in [0.1, 0.15) is 18.2 Å². The molecule has 3 nitrogen and oxygen atoms in total. The van der Waals surface area contributed by atoms with Crippen molar-refractivity contribution >= 4 is 0 Å². The van der Waals surface area contributed by atoms with Crippen LogP contribution in [0.15, 0.2) is 18.2 Å². The van der Waals surface area contributed by atoms with E-state index in [2.05, 4.69) is 5.32 Å². The molecule has 0 aromatic heterocycles. The minimum absolute atomic E-state index is 0.237. The highest BCUT2D eigenvalue weighted by Crippen LogP contribution is 2.20. The van der Waals surface area contributed by atoms with E-state index in [0.717, 1.165) is 12.1 Å². The summed E-state index contributed by atoms with van der Waals surface area (Å²) in [7, 11) is 0. The largest absolute Gasteiger partial charge is 0.491 e. The number of rotatable bonds is 7. The van der Waals surface area contributed by atoms with Gasteiger partial charge in [0.15, 0.2) is 0 Å². The number of hydrogen-bond donors (Lipinski definition) is 2. The number of halogens is 1. The first-order valence-corrected chi connectivity index (χ1v) is 5.97. The van der Waals surface area contributed by atoms with Gasteiger partial charge >= 0.3 is 0 Å². The van der Waals surface area contributed by atoms with Crippen LogP contribution in [0.1, 0.15) is 25.8 Å². The van der Waals surface area contributed by atoms with Gasteiger partial charge in [0, 0.05) is 12.1 Å². The fraction of sp³-hybridized carbons (Fsp3) is 0.538. The highest BCUT2D eigenvalue weighted by Gasteiger charge is 2.07. The summed E-state index contributed by atoms with van der Waals surface area (Å²) in [4.78, 5) is 0. The number of ether oxygens (including phenoxy) is 1. The summed E-state index contributed by atoms with van der Waals surface area (Å²) in [6.07, 6.45) is 0.163. The van der Waals surface area contributed by atoms with Crippen LogP contribution in [0.2, 0.25) is 0 Å². The predicted molar refractivity (Wildman–Crippen MR) is 65.6 cm³/mol. The average Bonchev–Trinajstić information content (AvgIpc) is 2.34. The fourth-order valence-corrected chi connectivity index (χ4v) is 1.39. The molecular weight excluding hydrogens is 221 g/mol. The van der Waals surface area contributed by atoms with E-state index in [9.17, 15) is 9.50 Å². The Morgan fingerprint density at radius 2 is 2.18 bits per heavy atom. The normalized spacial score (nSPS) is 12.5. The third-order valence-corrected chi connectivity index (χ3v) is 2.49. The minimum Gasteiger partial charge on any atom is -0.491 e. The second-order valence-corrected chi connectivity index (χ2v) is 3.91. The minimum atomic E-state index is -0.480. The van der Waals surface area contributed by atoms with Crippen LogP contribution in [0.5, 0.6) is 5.75 Å². The smallest absolute Gasteiger partial charge is 0.124 e. The van der Waals surface area contributed by atoms with Gasteiger partial charge in [-0.15, -0.1) is 0 Å². The van der Waals surface area contributed by atoms with E-state index >= 15 is 0 Å². The Morgan fingerprint density at radius 3 is 2.82 bits per heavy atom. The maximum Gasteiger partial charge on any atom is 0.124 e. The molecule has 0 spiro atoms. The van der Waals surface area contributed by atoms with Crippen molar-refractivity contribution in [2.24, 2.45) is 0 Å². The Hall–Kier alpha value is -1.13. The molecule has 1 aromatic rings. The Bertz CT molecular complexity index is 344. The molecule has 0 saturated carbocycles. The zero-order valence-corrected chi connectivity index (χ0v) is 10.4. The quantitative estimate of drug-likeness (QED) is 0.768. The Morgan fingerprint density at radius 1 is 1.41 bits per heavy atom. The highest BCUT2D eigenvalue weighted by atomic mass is 19.1. The van der Waals surface area contributed by atoms with Crippen LogP contribution in [0.4, 0.5) is 4.39 Å². The molecule has 1 rings (SSSR count). The molecule has 0 aliphatic rings. The Kier molecular flexibility index (Phi) is 5.94. The molecule has 1 unspecified atom stereocenters. The van der Waals surface area contributed by atoms with Gasteiger partial charge in [0.25, 0.3) is 0 Å². The van der Waals surface area contributed by atoms with Crippen molar-refractivity contribution in [2.75, 3.05) is 13.2 Å². The van der Waals surface area contributed by atoms with Gasteiger partial charge in [0.05, 0.1) is 6.10 Å². The highest BCUT2D eigenvalue weighted by molar-refractivity contribution is 5.33. The molecule has 0 radical (unpaired) electrons. The van der Waals surface area contributed by atoms with E-state index in [-0.39, 0.29) is 12.4 Å². The molecule has 0 aliphatic carbocycles. The standard InChI is InChI=1S/C13H20FNO2/c1-3-12(16)9-17-13-6-5-11(14)7-10(13)8-15-4-2/h5-7,12,15-16H,3-4,8-9H2,1-2H3. The van der Waals surface area contributed by atoms with E-state index in [1.54, 1.807) is 6.07 Å². The van der Waals surface area contributed by atoms with Gasteiger partial charge < -0.3 is 15.2 Å². The lowest BCUT2D eigenvalue weighted by Gasteiger charge is -2.14. The van der Waals surface area contributed by atoms with Crippen molar-refractivity contribution in [1.82, 2.24) is 5.32 Å². The Balaban J connectivity index is 2.68. The van der Waals surface area contributed by atoms with Crippen LogP contribution in [0, 0.1) is 5.82 Å². The molecule has 2 N–H and O–H groups in total. The number of aliphatic hydroxyl groups is 1. The summed E-state index contributed by atoms with van der Waals surface area (Å²) in [6.45, 7) is 5.49. The van der Waals surface area contributed by atoms with Crippen LogP contribution in [0.3, 0.4) is 0 Å². The van der Waals surface area contributed by atoms with E-state index < -0.39 is 6.10 Å². The molecule has 0 bridgehead atoms. The van der Waals surface area contributed by atoms with Crippen molar-refractivity contribution in [3.05, 3.63) is 29.6 Å². The molecule has 0 amide bonds. The molecule has 1 atom stereocenters. The number of benzene rings is 1. The maximum absolute atomic E-state index is 13.1. The molecule has 0 heterocycles. The monoisotopic (exact) mass is 241 g/mol. The fourth-order valence-electron chi connectivity index (χ4n) is 1.39. The number of aliphatic hydroxyl groups excluding tert-OH is 1. The maximum atomic E-state index is 13.1. The van der Waals surface area contributed by atoms with Gasteiger partial charge in [0.2, 0.25) is 0 Å². The average molecular weight is 241 g/mol. The van der Waals surface area contributed by atoms with Gasteiger partial charge in [-0.3, -0.25) is 0 Å². The predicted octanol–water partition coefficient (Wildman–Crippen LogP) is 2.08. The first kappa shape index (κ1) is 13.9. The van der Waals surface area contributed by atoms with Crippen molar-refractivity contribution < 1.29 is 14.2 Å². The van der Waals surface area contributed by atoms with Crippen molar-refractivity contribution in [1.29, 1.82) is 0 Å². The lowest BCUT2D eigenvalue weighted by Crippen LogP contribution is -2.18. The lowest BCUT2D eigenvalue weighted by atomic mass is 10.2. The summed E-state index contributed by atoms with van der Waals surface area (Å²) in [5, 5.41) is 12.6. The SMILES string of the molecule is CCNCc1cc(F)ccc1OCC(O)CC. The van der Waals surface area contributed by atoms with Crippen LogP contribution >= 0.6 is 0 Å². The first-order valence-electron chi connectivity index (χ1n) is 5.97. The van der Waals surface area contributed by atoms with Gasteiger partial charge in [-0.25, -0.2) is 4.39 Å². The molecular formula is C13H20FNO2. The van der Waals surface area contributed by atoms with E-state index in [0.29, 0.717) is 18.7 Å². The Labute approximate surface area is 102 Å². The number of hydrogen-bond acceptors (Lipinski definition) is 3. The summed E-state index contributed by atoms with van der Waals surface area (Å²) >= 11 is 0. The van der Waals surface area contributed by atoms with Gasteiger partial charge in [-0.05, 0) is 31.2 Å². The summed E-state index contributed by atoms with van der Waals surface area (Å²) in [6, 6.07) is 4.42. The summed E-state index contributed by atoms with van der Waals surface area (Å²) < 4.78 is 18.6. The molecule has 0 saturated heterocycles. The second kappa shape index (κ2) is 7.25.